The Kier molecular flexibility index (Phi) is 6.06. The molecule has 0 atom stereocenters. The highest BCUT2D eigenvalue weighted by atomic mass is 35.5. The standard InChI is InChI=1S/C20H17ClN2O5/c1-2-12-3-4-15-13(8-18(24)28-17(15)7-12)11-27-19(25)10-23-20(26)16-9-14(21)5-6-22-16/h3-9H,2,10-11H2,1H3,(H,23,26). The Hall–Kier alpha value is -3.19. The van der Waals surface area contributed by atoms with Gasteiger partial charge in [0.1, 0.15) is 24.4 Å². The van der Waals surface area contributed by atoms with Crippen molar-refractivity contribution in [1.29, 1.82) is 0 Å². The van der Waals surface area contributed by atoms with Crippen molar-refractivity contribution >= 4 is 34.4 Å². The number of amides is 1. The lowest BCUT2D eigenvalue weighted by atomic mass is 10.1. The molecule has 2 aromatic heterocycles. The number of nitrogens with zero attached hydrogens (tertiary/aromatic N) is 1. The van der Waals surface area contributed by atoms with Gasteiger partial charge < -0.3 is 14.5 Å². The number of carbonyl (C=O) groups is 2. The van der Waals surface area contributed by atoms with Crippen molar-refractivity contribution in [2.75, 3.05) is 6.54 Å². The molecule has 3 aromatic rings. The van der Waals surface area contributed by atoms with E-state index in [1.807, 2.05) is 19.1 Å². The molecule has 0 radical (unpaired) electrons. The lowest BCUT2D eigenvalue weighted by Crippen LogP contribution is -2.31. The summed E-state index contributed by atoms with van der Waals surface area (Å²) >= 11 is 5.80. The summed E-state index contributed by atoms with van der Waals surface area (Å²) in [6.07, 6.45) is 2.20. The Morgan fingerprint density at radius 2 is 2.04 bits per heavy atom. The zero-order valence-electron chi connectivity index (χ0n) is 15.0. The van der Waals surface area contributed by atoms with Gasteiger partial charge in [0.05, 0.1) is 0 Å². The molecule has 0 bridgehead atoms. The van der Waals surface area contributed by atoms with Crippen molar-refractivity contribution in [3.8, 4) is 0 Å². The van der Waals surface area contributed by atoms with Crippen molar-refractivity contribution < 1.29 is 18.7 Å². The molecule has 0 aliphatic heterocycles. The lowest BCUT2D eigenvalue weighted by molar-refractivity contribution is -0.143. The van der Waals surface area contributed by atoms with Gasteiger partial charge in [0.15, 0.2) is 0 Å². The number of aryl methyl sites for hydroxylation is 1. The van der Waals surface area contributed by atoms with Gasteiger partial charge in [-0.1, -0.05) is 30.7 Å². The summed E-state index contributed by atoms with van der Waals surface area (Å²) in [6, 6.07) is 9.76. The molecule has 0 saturated carbocycles. The molecule has 1 amide bonds. The highest BCUT2D eigenvalue weighted by Gasteiger charge is 2.12. The molecule has 3 rings (SSSR count). The summed E-state index contributed by atoms with van der Waals surface area (Å²) in [6.45, 7) is 1.54. The molecular weight excluding hydrogens is 384 g/mol. The minimum absolute atomic E-state index is 0.0960. The minimum Gasteiger partial charge on any atom is -0.459 e. The van der Waals surface area contributed by atoms with Crippen molar-refractivity contribution in [3.63, 3.8) is 0 Å². The number of ether oxygens (including phenoxy) is 1. The van der Waals surface area contributed by atoms with E-state index in [1.54, 1.807) is 6.07 Å². The number of carbonyl (C=O) groups excluding carboxylic acids is 2. The van der Waals surface area contributed by atoms with Crippen LogP contribution in [0.1, 0.15) is 28.5 Å². The Morgan fingerprint density at radius 1 is 1.21 bits per heavy atom. The van der Waals surface area contributed by atoms with Crippen LogP contribution in [0.25, 0.3) is 11.0 Å². The number of halogens is 1. The lowest BCUT2D eigenvalue weighted by Gasteiger charge is -2.09. The van der Waals surface area contributed by atoms with Gasteiger partial charge in [-0.2, -0.15) is 0 Å². The van der Waals surface area contributed by atoms with Crippen molar-refractivity contribution in [2.24, 2.45) is 0 Å². The van der Waals surface area contributed by atoms with Gasteiger partial charge in [-0.25, -0.2) is 4.79 Å². The van der Waals surface area contributed by atoms with Gasteiger partial charge in [-0.05, 0) is 30.2 Å². The SMILES string of the molecule is CCc1ccc2c(COC(=O)CNC(=O)c3cc(Cl)ccn3)cc(=O)oc2c1. The fraction of sp³-hybridized carbons (Fsp3) is 0.200. The van der Waals surface area contributed by atoms with E-state index in [9.17, 15) is 14.4 Å². The van der Waals surface area contributed by atoms with Crippen LogP contribution in [0.4, 0.5) is 0 Å². The number of pyridine rings is 1. The predicted molar refractivity (Wildman–Crippen MR) is 103 cm³/mol. The van der Waals surface area contributed by atoms with Gasteiger partial charge in [0, 0.05) is 28.2 Å². The quantitative estimate of drug-likeness (QED) is 0.504. The number of fused-ring (bicyclic) bond motifs is 1. The molecule has 0 aliphatic carbocycles. The molecule has 2 heterocycles. The number of benzene rings is 1. The third-order valence-electron chi connectivity index (χ3n) is 4.04. The largest absolute Gasteiger partial charge is 0.459 e. The maximum Gasteiger partial charge on any atom is 0.336 e. The summed E-state index contributed by atoms with van der Waals surface area (Å²) in [4.78, 5) is 39.6. The molecule has 7 nitrogen and oxygen atoms in total. The first-order chi connectivity index (χ1) is 13.5. The number of hydrogen-bond acceptors (Lipinski definition) is 6. The summed E-state index contributed by atoms with van der Waals surface area (Å²) in [5.41, 5.74) is 1.58. The molecule has 0 aliphatic rings. The number of hydrogen-bond donors (Lipinski definition) is 1. The van der Waals surface area contributed by atoms with E-state index in [0.29, 0.717) is 21.6 Å². The normalized spacial score (nSPS) is 10.6. The summed E-state index contributed by atoms with van der Waals surface area (Å²) in [7, 11) is 0. The van der Waals surface area contributed by atoms with Crippen molar-refractivity contribution in [3.05, 3.63) is 74.9 Å². The van der Waals surface area contributed by atoms with Crippen molar-refractivity contribution in [2.45, 2.75) is 20.0 Å². The number of aromatic nitrogens is 1. The summed E-state index contributed by atoms with van der Waals surface area (Å²) in [5, 5.41) is 3.47. The Labute approximate surface area is 165 Å². The van der Waals surface area contributed by atoms with E-state index in [0.717, 1.165) is 12.0 Å². The van der Waals surface area contributed by atoms with Crippen LogP contribution in [0, 0.1) is 0 Å². The molecule has 144 valence electrons. The van der Waals surface area contributed by atoms with E-state index in [1.165, 1.54) is 24.4 Å². The average molecular weight is 401 g/mol. The van der Waals surface area contributed by atoms with Gasteiger partial charge in [-0.15, -0.1) is 0 Å². The first kappa shape index (κ1) is 19.6. The zero-order chi connectivity index (χ0) is 20.1. The van der Waals surface area contributed by atoms with E-state index in [-0.39, 0.29) is 18.8 Å². The summed E-state index contributed by atoms with van der Waals surface area (Å²) < 4.78 is 10.4. The third-order valence-corrected chi connectivity index (χ3v) is 4.27. The Bertz CT molecular complexity index is 1090. The highest BCUT2D eigenvalue weighted by Crippen LogP contribution is 2.19. The monoisotopic (exact) mass is 400 g/mol. The second-order valence-electron chi connectivity index (χ2n) is 5.98. The molecule has 28 heavy (non-hydrogen) atoms. The minimum atomic E-state index is -0.651. The maximum absolute atomic E-state index is 12.0. The van der Waals surface area contributed by atoms with E-state index in [2.05, 4.69) is 10.3 Å². The van der Waals surface area contributed by atoms with Crippen LogP contribution in [0.15, 0.2) is 51.8 Å². The smallest absolute Gasteiger partial charge is 0.336 e. The molecule has 1 N–H and O–H groups in total. The fourth-order valence-corrected chi connectivity index (χ4v) is 2.75. The van der Waals surface area contributed by atoms with E-state index >= 15 is 0 Å². The number of rotatable bonds is 6. The topological polar surface area (TPSA) is 98.5 Å². The Balaban J connectivity index is 1.63. The molecule has 1 aromatic carbocycles. The van der Waals surface area contributed by atoms with Gasteiger partial charge >= 0.3 is 11.6 Å². The zero-order valence-corrected chi connectivity index (χ0v) is 15.8. The first-order valence-corrected chi connectivity index (χ1v) is 8.95. The molecular formula is C20H17ClN2O5. The second kappa shape index (κ2) is 8.67. The van der Waals surface area contributed by atoms with Crippen LogP contribution in [0.3, 0.4) is 0 Å². The maximum atomic E-state index is 12.0. The highest BCUT2D eigenvalue weighted by molar-refractivity contribution is 6.30. The van der Waals surface area contributed by atoms with Crippen LogP contribution in [-0.4, -0.2) is 23.4 Å². The molecule has 0 spiro atoms. The average Bonchev–Trinajstić information content (AvgIpc) is 2.69. The predicted octanol–water partition coefficient (Wildman–Crippen LogP) is 2.88. The summed E-state index contributed by atoms with van der Waals surface area (Å²) in [5.74, 6) is -1.20. The number of esters is 1. The van der Waals surface area contributed by atoms with Crippen LogP contribution in [-0.2, 0) is 22.6 Å². The molecule has 0 unspecified atom stereocenters. The first-order valence-electron chi connectivity index (χ1n) is 8.57. The third kappa shape index (κ3) is 4.75. The number of nitrogens with one attached hydrogen (secondary N) is 1. The van der Waals surface area contributed by atoms with Crippen LogP contribution in [0.2, 0.25) is 5.02 Å². The molecule has 0 saturated heterocycles. The molecule has 0 fully saturated rings. The van der Waals surface area contributed by atoms with E-state index in [4.69, 9.17) is 20.8 Å². The van der Waals surface area contributed by atoms with Crippen LogP contribution >= 0.6 is 11.6 Å². The van der Waals surface area contributed by atoms with Gasteiger partial charge in [0.2, 0.25) is 0 Å². The fourth-order valence-electron chi connectivity index (χ4n) is 2.59. The van der Waals surface area contributed by atoms with Crippen molar-refractivity contribution in [1.82, 2.24) is 10.3 Å². The van der Waals surface area contributed by atoms with Crippen LogP contribution < -0.4 is 10.9 Å². The van der Waals surface area contributed by atoms with E-state index < -0.39 is 17.5 Å². The van der Waals surface area contributed by atoms with Gasteiger partial charge in [-0.3, -0.25) is 14.6 Å². The van der Waals surface area contributed by atoms with Crippen LogP contribution in [0.5, 0.6) is 0 Å². The van der Waals surface area contributed by atoms with Gasteiger partial charge in [0.25, 0.3) is 5.91 Å². The Morgan fingerprint density at radius 3 is 2.79 bits per heavy atom. The second-order valence-corrected chi connectivity index (χ2v) is 6.41. The molecule has 8 heteroatoms.